The maximum Gasteiger partial charge on any atom is 0.245 e. The zero-order valence-electron chi connectivity index (χ0n) is 11.7. The first-order valence-electron chi connectivity index (χ1n) is 6.61. The predicted octanol–water partition coefficient (Wildman–Crippen LogP) is 1.54. The number of amides is 2. The van der Waals surface area contributed by atoms with Crippen LogP contribution in [0.2, 0.25) is 0 Å². The van der Waals surface area contributed by atoms with E-state index < -0.39 is 6.04 Å². The van der Waals surface area contributed by atoms with Crippen LogP contribution in [0.1, 0.15) is 30.0 Å². The first kappa shape index (κ1) is 13.6. The molecule has 0 spiro atoms. The topological polar surface area (TPSA) is 49.4 Å². The lowest BCUT2D eigenvalue weighted by Gasteiger charge is -2.22. The molecule has 1 aromatic carbocycles. The third-order valence-corrected chi connectivity index (χ3v) is 3.32. The van der Waals surface area contributed by atoms with Gasteiger partial charge in [0.2, 0.25) is 11.8 Å². The Bertz CT molecular complexity index is 491. The van der Waals surface area contributed by atoms with Gasteiger partial charge < -0.3 is 10.2 Å². The van der Waals surface area contributed by atoms with Crippen molar-refractivity contribution < 1.29 is 9.59 Å². The van der Waals surface area contributed by atoms with E-state index in [1.165, 1.54) is 11.1 Å². The van der Waals surface area contributed by atoms with Gasteiger partial charge in [-0.3, -0.25) is 9.59 Å². The van der Waals surface area contributed by atoms with Crippen molar-refractivity contribution in [1.29, 1.82) is 0 Å². The van der Waals surface area contributed by atoms with E-state index in [4.69, 9.17) is 0 Å². The Morgan fingerprint density at radius 2 is 1.84 bits per heavy atom. The van der Waals surface area contributed by atoms with Crippen LogP contribution in [0.4, 0.5) is 0 Å². The number of aryl methyl sites for hydroxylation is 2. The molecule has 1 N–H and O–H groups in total. The highest BCUT2D eigenvalue weighted by molar-refractivity contribution is 5.89. The zero-order valence-corrected chi connectivity index (χ0v) is 11.7. The van der Waals surface area contributed by atoms with Gasteiger partial charge >= 0.3 is 0 Å². The van der Waals surface area contributed by atoms with Crippen LogP contribution in [0.5, 0.6) is 0 Å². The van der Waals surface area contributed by atoms with Crippen LogP contribution in [0, 0.1) is 13.8 Å². The van der Waals surface area contributed by atoms with Gasteiger partial charge in [0.15, 0.2) is 0 Å². The van der Waals surface area contributed by atoms with Crippen LogP contribution >= 0.6 is 0 Å². The zero-order chi connectivity index (χ0) is 14.0. The van der Waals surface area contributed by atoms with Crippen molar-refractivity contribution in [1.82, 2.24) is 10.2 Å². The van der Waals surface area contributed by atoms with Crippen molar-refractivity contribution in [3.05, 3.63) is 34.9 Å². The fraction of sp³-hybridized carbons (Fsp3) is 0.467. The molecule has 0 saturated carbocycles. The summed E-state index contributed by atoms with van der Waals surface area (Å²) in [5, 5.41) is 2.70. The van der Waals surface area contributed by atoms with E-state index in [0.717, 1.165) is 5.56 Å². The van der Waals surface area contributed by atoms with Gasteiger partial charge in [-0.2, -0.15) is 0 Å². The normalized spacial score (nSPS) is 20.2. The number of carbonyl (C=O) groups is 2. The van der Waals surface area contributed by atoms with Gasteiger partial charge in [-0.25, -0.2) is 0 Å². The van der Waals surface area contributed by atoms with Crippen LogP contribution < -0.4 is 5.32 Å². The first-order chi connectivity index (χ1) is 8.95. The Balaban J connectivity index is 2.16. The number of benzene rings is 1. The van der Waals surface area contributed by atoms with E-state index >= 15 is 0 Å². The summed E-state index contributed by atoms with van der Waals surface area (Å²) in [5.41, 5.74) is 3.51. The minimum Gasteiger partial charge on any atom is -0.345 e. The largest absolute Gasteiger partial charge is 0.345 e. The lowest BCUT2D eigenvalue weighted by Crippen LogP contribution is -2.42. The Labute approximate surface area is 113 Å². The Hall–Kier alpha value is -1.84. The van der Waals surface area contributed by atoms with Gasteiger partial charge in [0.25, 0.3) is 0 Å². The third-order valence-electron chi connectivity index (χ3n) is 3.32. The molecule has 0 radical (unpaired) electrons. The van der Waals surface area contributed by atoms with Gasteiger partial charge in [0.05, 0.1) is 0 Å². The quantitative estimate of drug-likeness (QED) is 0.877. The number of hydrogen-bond acceptors (Lipinski definition) is 2. The van der Waals surface area contributed by atoms with E-state index in [9.17, 15) is 9.59 Å². The van der Waals surface area contributed by atoms with Crippen molar-refractivity contribution >= 4 is 11.8 Å². The molecular formula is C15H20N2O2. The van der Waals surface area contributed by atoms with Crippen LogP contribution in [0.25, 0.3) is 0 Å². The summed E-state index contributed by atoms with van der Waals surface area (Å²) >= 11 is 0. The molecule has 1 atom stereocenters. The average molecular weight is 260 g/mol. The lowest BCUT2D eigenvalue weighted by molar-refractivity contribution is -0.133. The van der Waals surface area contributed by atoms with Crippen LogP contribution in [0.3, 0.4) is 0 Å². The van der Waals surface area contributed by atoms with Crippen LogP contribution in [0.15, 0.2) is 18.2 Å². The molecule has 1 saturated heterocycles. The van der Waals surface area contributed by atoms with E-state index in [1.54, 1.807) is 11.8 Å². The highest BCUT2D eigenvalue weighted by atomic mass is 16.2. The monoisotopic (exact) mass is 260 g/mol. The fourth-order valence-corrected chi connectivity index (χ4v) is 2.53. The number of hydrogen-bond donors (Lipinski definition) is 1. The maximum absolute atomic E-state index is 12.2. The summed E-state index contributed by atoms with van der Waals surface area (Å²) < 4.78 is 0. The summed E-state index contributed by atoms with van der Waals surface area (Å²) in [6.45, 7) is 6.89. The fourth-order valence-electron chi connectivity index (χ4n) is 2.53. The number of carbonyl (C=O) groups excluding carboxylic acids is 2. The molecule has 1 fully saturated rings. The Morgan fingerprint density at radius 3 is 2.47 bits per heavy atom. The summed E-state index contributed by atoms with van der Waals surface area (Å²) in [6.07, 6.45) is 0.376. The van der Waals surface area contributed by atoms with E-state index in [0.29, 0.717) is 19.5 Å². The molecule has 1 aliphatic rings. The van der Waals surface area contributed by atoms with Crippen molar-refractivity contribution in [2.24, 2.45) is 0 Å². The molecule has 102 valence electrons. The molecule has 0 aromatic heterocycles. The van der Waals surface area contributed by atoms with E-state index in [1.807, 2.05) is 0 Å². The summed E-state index contributed by atoms with van der Waals surface area (Å²) in [7, 11) is 0. The first-order valence-corrected chi connectivity index (χ1v) is 6.61. The molecule has 2 rings (SSSR count). The van der Waals surface area contributed by atoms with E-state index in [2.05, 4.69) is 37.4 Å². The van der Waals surface area contributed by atoms with Gasteiger partial charge in [0.1, 0.15) is 6.04 Å². The molecule has 1 aromatic rings. The molecule has 4 heteroatoms. The summed E-state index contributed by atoms with van der Waals surface area (Å²) in [6, 6.07) is 5.86. The minimum atomic E-state index is -0.430. The summed E-state index contributed by atoms with van der Waals surface area (Å²) in [4.78, 5) is 25.4. The molecule has 1 heterocycles. The second kappa shape index (κ2) is 5.43. The molecule has 19 heavy (non-hydrogen) atoms. The van der Waals surface area contributed by atoms with Gasteiger partial charge in [-0.05, 0) is 26.3 Å². The standard InChI is InChI=1S/C15H20N2O2/c1-10-6-11(2)8-13(7-10)9-17-5-4-14(18)16-12(3)15(17)19/h6-8,12H,4-5,9H2,1-3H3,(H,16,18). The Kier molecular flexibility index (Phi) is 3.88. The van der Waals surface area contributed by atoms with E-state index in [-0.39, 0.29) is 11.8 Å². The highest BCUT2D eigenvalue weighted by Gasteiger charge is 2.26. The smallest absolute Gasteiger partial charge is 0.245 e. The van der Waals surface area contributed by atoms with Crippen LogP contribution in [-0.4, -0.2) is 29.3 Å². The van der Waals surface area contributed by atoms with Crippen molar-refractivity contribution in [3.8, 4) is 0 Å². The van der Waals surface area contributed by atoms with Crippen molar-refractivity contribution in [2.45, 2.75) is 39.8 Å². The second-order valence-electron chi connectivity index (χ2n) is 5.29. The van der Waals surface area contributed by atoms with Gasteiger partial charge in [-0.1, -0.05) is 29.3 Å². The minimum absolute atomic E-state index is 0.00925. The van der Waals surface area contributed by atoms with Crippen LogP contribution in [-0.2, 0) is 16.1 Å². The lowest BCUT2D eigenvalue weighted by atomic mass is 10.1. The highest BCUT2D eigenvalue weighted by Crippen LogP contribution is 2.13. The van der Waals surface area contributed by atoms with Gasteiger partial charge in [0, 0.05) is 19.5 Å². The number of rotatable bonds is 2. The van der Waals surface area contributed by atoms with Gasteiger partial charge in [-0.15, -0.1) is 0 Å². The molecule has 0 aliphatic carbocycles. The van der Waals surface area contributed by atoms with Crippen molar-refractivity contribution in [3.63, 3.8) is 0 Å². The molecule has 0 bridgehead atoms. The maximum atomic E-state index is 12.2. The second-order valence-corrected chi connectivity index (χ2v) is 5.29. The summed E-state index contributed by atoms with van der Waals surface area (Å²) in [5.74, 6) is -0.0613. The third kappa shape index (κ3) is 3.34. The number of nitrogens with zero attached hydrogens (tertiary/aromatic N) is 1. The number of nitrogens with one attached hydrogen (secondary N) is 1. The van der Waals surface area contributed by atoms with Crippen molar-refractivity contribution in [2.75, 3.05) is 6.54 Å². The molecule has 1 aliphatic heterocycles. The molecule has 2 amide bonds. The molecule has 1 unspecified atom stereocenters. The Morgan fingerprint density at radius 1 is 1.21 bits per heavy atom. The molecule has 4 nitrogen and oxygen atoms in total. The predicted molar refractivity (Wildman–Crippen MR) is 73.6 cm³/mol. The average Bonchev–Trinajstić information content (AvgIpc) is 2.41. The molecular weight excluding hydrogens is 240 g/mol. The SMILES string of the molecule is Cc1cc(C)cc(CN2CCC(=O)NC(C)C2=O)c1.